The van der Waals surface area contributed by atoms with Crippen molar-refractivity contribution in [2.75, 3.05) is 13.7 Å². The van der Waals surface area contributed by atoms with Crippen molar-refractivity contribution in [2.24, 2.45) is 0 Å². The summed E-state index contributed by atoms with van der Waals surface area (Å²) in [6.45, 7) is 1.78. The van der Waals surface area contributed by atoms with E-state index in [1.165, 1.54) is 25.3 Å². The lowest BCUT2D eigenvalue weighted by Gasteiger charge is -2.12. The van der Waals surface area contributed by atoms with Crippen LogP contribution < -0.4 is 9.47 Å². The molecule has 0 aliphatic heterocycles. The van der Waals surface area contributed by atoms with Crippen LogP contribution in [0.25, 0.3) is 0 Å². The van der Waals surface area contributed by atoms with Crippen molar-refractivity contribution in [2.45, 2.75) is 6.92 Å². The molecule has 2 rings (SSSR count). The van der Waals surface area contributed by atoms with Gasteiger partial charge in [0.2, 0.25) is 5.75 Å². The maximum atomic E-state index is 11.7. The van der Waals surface area contributed by atoms with Crippen molar-refractivity contribution < 1.29 is 28.7 Å². The van der Waals surface area contributed by atoms with Crippen LogP contribution >= 0.6 is 0 Å². The predicted molar refractivity (Wildman–Crippen MR) is 87.5 cm³/mol. The Labute approximate surface area is 143 Å². The van der Waals surface area contributed by atoms with E-state index in [0.29, 0.717) is 6.29 Å². The molecular weight excluding hydrogens is 330 g/mol. The normalized spacial score (nSPS) is 10.0. The summed E-state index contributed by atoms with van der Waals surface area (Å²) in [5, 5.41) is 11.3. The summed E-state index contributed by atoms with van der Waals surface area (Å²) in [4.78, 5) is 33.6. The molecule has 0 N–H and O–H groups in total. The Balaban J connectivity index is 2.49. The highest BCUT2D eigenvalue weighted by Gasteiger charge is 2.22. The van der Waals surface area contributed by atoms with Crippen molar-refractivity contribution >= 4 is 17.9 Å². The Morgan fingerprint density at radius 3 is 2.60 bits per heavy atom. The molecule has 8 nitrogen and oxygen atoms in total. The number of carbonyl (C=O) groups excluding carboxylic acids is 2. The maximum absolute atomic E-state index is 11.7. The molecular formula is C17H15NO7. The van der Waals surface area contributed by atoms with Gasteiger partial charge in [-0.05, 0) is 31.2 Å². The average molecular weight is 345 g/mol. The van der Waals surface area contributed by atoms with Crippen LogP contribution in [0.5, 0.6) is 17.2 Å². The van der Waals surface area contributed by atoms with E-state index in [0.717, 1.165) is 6.07 Å². The molecule has 0 atom stereocenters. The second-order valence-corrected chi connectivity index (χ2v) is 4.76. The van der Waals surface area contributed by atoms with Crippen molar-refractivity contribution in [3.63, 3.8) is 0 Å². The molecule has 0 saturated carbocycles. The first kappa shape index (κ1) is 17.9. The molecule has 2 aromatic rings. The molecule has 0 aliphatic rings. The fourth-order valence-corrected chi connectivity index (χ4v) is 2.09. The molecule has 0 aliphatic carbocycles. The van der Waals surface area contributed by atoms with E-state index in [4.69, 9.17) is 14.2 Å². The highest BCUT2D eigenvalue weighted by Crippen LogP contribution is 2.38. The number of hydrogen-bond acceptors (Lipinski definition) is 7. The standard InChI is InChI=1S/C17H15NO7/c1-3-24-17(20)11-7-8-14(13(9-11)18(21)22)25-16-12(10-19)5-4-6-15(16)23-2/h4-10H,3H2,1-2H3. The third-order valence-electron chi connectivity index (χ3n) is 3.24. The molecule has 0 aromatic heterocycles. The summed E-state index contributed by atoms with van der Waals surface area (Å²) in [6.07, 6.45) is 0.552. The monoisotopic (exact) mass is 345 g/mol. The van der Waals surface area contributed by atoms with Crippen LogP contribution in [0.3, 0.4) is 0 Å². The second-order valence-electron chi connectivity index (χ2n) is 4.76. The van der Waals surface area contributed by atoms with Crippen LogP contribution in [-0.4, -0.2) is 30.9 Å². The molecule has 0 saturated heterocycles. The lowest BCUT2D eigenvalue weighted by atomic mass is 10.1. The molecule has 0 unspecified atom stereocenters. The van der Waals surface area contributed by atoms with Gasteiger partial charge in [0.15, 0.2) is 17.8 Å². The zero-order chi connectivity index (χ0) is 18.4. The van der Waals surface area contributed by atoms with E-state index < -0.39 is 16.6 Å². The summed E-state index contributed by atoms with van der Waals surface area (Å²) in [5.41, 5.74) is -0.243. The summed E-state index contributed by atoms with van der Waals surface area (Å²) in [7, 11) is 1.38. The minimum atomic E-state index is -0.686. The van der Waals surface area contributed by atoms with E-state index in [1.54, 1.807) is 19.1 Å². The van der Waals surface area contributed by atoms with E-state index >= 15 is 0 Å². The lowest BCUT2D eigenvalue weighted by Crippen LogP contribution is -2.06. The highest BCUT2D eigenvalue weighted by atomic mass is 16.6. The molecule has 0 radical (unpaired) electrons. The fraction of sp³-hybridized carbons (Fsp3) is 0.176. The first-order valence-electron chi connectivity index (χ1n) is 7.27. The number of aldehydes is 1. The minimum Gasteiger partial charge on any atom is -0.493 e. The van der Waals surface area contributed by atoms with Gasteiger partial charge in [0.25, 0.3) is 0 Å². The predicted octanol–water partition coefficient (Wildman–Crippen LogP) is 3.38. The zero-order valence-electron chi connectivity index (χ0n) is 13.6. The average Bonchev–Trinajstić information content (AvgIpc) is 2.62. The highest BCUT2D eigenvalue weighted by molar-refractivity contribution is 5.90. The van der Waals surface area contributed by atoms with Crippen LogP contribution in [0.15, 0.2) is 36.4 Å². The molecule has 0 amide bonds. The Morgan fingerprint density at radius 1 is 1.24 bits per heavy atom. The van der Waals surface area contributed by atoms with Gasteiger partial charge in [0.05, 0.1) is 29.8 Å². The summed E-state index contributed by atoms with van der Waals surface area (Å²) >= 11 is 0. The molecule has 0 fully saturated rings. The van der Waals surface area contributed by atoms with Gasteiger partial charge in [0, 0.05) is 6.07 Å². The van der Waals surface area contributed by atoms with Gasteiger partial charge >= 0.3 is 11.7 Å². The van der Waals surface area contributed by atoms with Crippen molar-refractivity contribution in [3.8, 4) is 17.2 Å². The van der Waals surface area contributed by atoms with E-state index in [-0.39, 0.29) is 35.0 Å². The van der Waals surface area contributed by atoms with Gasteiger partial charge in [0.1, 0.15) is 0 Å². The van der Waals surface area contributed by atoms with E-state index in [2.05, 4.69) is 0 Å². The van der Waals surface area contributed by atoms with Crippen molar-refractivity contribution in [1.29, 1.82) is 0 Å². The van der Waals surface area contributed by atoms with Crippen LogP contribution in [-0.2, 0) is 4.74 Å². The van der Waals surface area contributed by atoms with Gasteiger partial charge < -0.3 is 14.2 Å². The van der Waals surface area contributed by atoms with Crippen LogP contribution in [0.4, 0.5) is 5.69 Å². The lowest BCUT2D eigenvalue weighted by molar-refractivity contribution is -0.385. The Kier molecular flexibility index (Phi) is 5.67. The van der Waals surface area contributed by atoms with Crippen molar-refractivity contribution in [3.05, 3.63) is 57.6 Å². The number of para-hydroxylation sites is 1. The van der Waals surface area contributed by atoms with E-state index in [1.807, 2.05) is 0 Å². The first-order chi connectivity index (χ1) is 12.0. The van der Waals surface area contributed by atoms with Gasteiger partial charge in [-0.25, -0.2) is 4.79 Å². The SMILES string of the molecule is CCOC(=O)c1ccc(Oc2c(C=O)cccc2OC)c([N+](=O)[O-])c1. The zero-order valence-corrected chi connectivity index (χ0v) is 13.6. The Hall–Kier alpha value is -3.42. The Bertz CT molecular complexity index is 817. The van der Waals surface area contributed by atoms with Crippen molar-refractivity contribution in [1.82, 2.24) is 0 Å². The van der Waals surface area contributed by atoms with Gasteiger partial charge in [-0.2, -0.15) is 0 Å². The number of nitro benzene ring substituents is 1. The largest absolute Gasteiger partial charge is 0.493 e. The number of benzene rings is 2. The fourth-order valence-electron chi connectivity index (χ4n) is 2.09. The number of ether oxygens (including phenoxy) is 3. The van der Waals surface area contributed by atoms with Crippen LogP contribution in [0, 0.1) is 10.1 Å². The van der Waals surface area contributed by atoms with Gasteiger partial charge in [-0.15, -0.1) is 0 Å². The molecule has 8 heteroatoms. The maximum Gasteiger partial charge on any atom is 0.338 e. The number of esters is 1. The summed E-state index contributed by atoms with van der Waals surface area (Å²) in [5.74, 6) is -0.519. The summed E-state index contributed by atoms with van der Waals surface area (Å²) < 4.78 is 15.5. The number of carbonyl (C=O) groups is 2. The molecule has 0 spiro atoms. The van der Waals surface area contributed by atoms with E-state index in [9.17, 15) is 19.7 Å². The molecule has 0 bridgehead atoms. The van der Waals surface area contributed by atoms with Crippen LogP contribution in [0.2, 0.25) is 0 Å². The van der Waals surface area contributed by atoms with Gasteiger partial charge in [-0.3, -0.25) is 14.9 Å². The number of nitro groups is 1. The third kappa shape index (κ3) is 3.92. The number of hydrogen-bond donors (Lipinski definition) is 0. The molecule has 25 heavy (non-hydrogen) atoms. The quantitative estimate of drug-likeness (QED) is 0.328. The van der Waals surface area contributed by atoms with Crippen LogP contribution in [0.1, 0.15) is 27.6 Å². The number of methoxy groups -OCH3 is 1. The Morgan fingerprint density at radius 2 is 2.00 bits per heavy atom. The molecule has 2 aromatic carbocycles. The molecule has 0 heterocycles. The second kappa shape index (κ2) is 7.91. The third-order valence-corrected chi connectivity index (χ3v) is 3.24. The molecule has 130 valence electrons. The minimum absolute atomic E-state index is 0.0246. The topological polar surface area (TPSA) is 105 Å². The number of rotatable bonds is 7. The first-order valence-corrected chi connectivity index (χ1v) is 7.27. The number of nitrogens with zero attached hydrogens (tertiary/aromatic N) is 1. The summed E-state index contributed by atoms with van der Waals surface area (Å²) in [6, 6.07) is 8.31. The smallest absolute Gasteiger partial charge is 0.338 e. The van der Waals surface area contributed by atoms with Gasteiger partial charge in [-0.1, -0.05) is 6.07 Å².